The standard InChI is InChI=1S/C31H42N4O5/c1-5-6-10-26(21-35(40)22-36)28(37)32-27(31(2,3)4)30(39)34-19-17-33(18-20-34)29(38)25-15-13-24(14-16-25)23-11-8-7-9-12-23/h7-9,11-16,22,26-27,40H,5-6,10,17-21H2,1-4H3,(H,32,37)/t26-,27-/m1/s1. The number of hydrogen-bond donors (Lipinski definition) is 2. The first-order valence-corrected chi connectivity index (χ1v) is 14.0. The monoisotopic (exact) mass is 550 g/mol. The maximum atomic E-state index is 13.6. The second-order valence-corrected chi connectivity index (χ2v) is 11.4. The molecule has 0 aliphatic carbocycles. The third-order valence-corrected chi connectivity index (χ3v) is 7.32. The summed E-state index contributed by atoms with van der Waals surface area (Å²) < 4.78 is 0. The van der Waals surface area contributed by atoms with Gasteiger partial charge in [-0.15, -0.1) is 0 Å². The molecule has 4 amide bonds. The number of carbonyl (C=O) groups is 4. The van der Waals surface area contributed by atoms with E-state index in [-0.39, 0.29) is 30.7 Å². The molecule has 216 valence electrons. The molecule has 2 N–H and O–H groups in total. The third kappa shape index (κ3) is 8.14. The lowest BCUT2D eigenvalue weighted by molar-refractivity contribution is -0.155. The zero-order valence-electron chi connectivity index (χ0n) is 24.0. The number of hydrogen-bond acceptors (Lipinski definition) is 5. The molecule has 2 aromatic rings. The molecule has 1 heterocycles. The van der Waals surface area contributed by atoms with Crippen molar-refractivity contribution in [3.05, 3.63) is 60.2 Å². The van der Waals surface area contributed by atoms with Crippen LogP contribution in [0.1, 0.15) is 57.3 Å². The SMILES string of the molecule is CCCC[C@H](CN(O)C=O)C(=O)N[C@H](C(=O)N1CCN(C(=O)c2ccc(-c3ccccc3)cc2)CC1)C(C)(C)C. The highest BCUT2D eigenvalue weighted by molar-refractivity contribution is 5.95. The van der Waals surface area contributed by atoms with Crippen LogP contribution in [0.4, 0.5) is 0 Å². The smallest absolute Gasteiger partial charge is 0.253 e. The molecule has 3 rings (SSSR count). The second kappa shape index (κ2) is 14.1. The van der Waals surface area contributed by atoms with Crippen molar-refractivity contribution in [2.24, 2.45) is 11.3 Å². The zero-order chi connectivity index (χ0) is 29.3. The van der Waals surface area contributed by atoms with Crippen LogP contribution >= 0.6 is 0 Å². The molecule has 1 aliphatic rings. The van der Waals surface area contributed by atoms with Gasteiger partial charge in [0.25, 0.3) is 5.91 Å². The van der Waals surface area contributed by atoms with E-state index in [9.17, 15) is 24.4 Å². The lowest BCUT2D eigenvalue weighted by Gasteiger charge is -2.40. The highest BCUT2D eigenvalue weighted by Crippen LogP contribution is 2.24. The molecule has 0 bridgehead atoms. The highest BCUT2D eigenvalue weighted by atomic mass is 16.5. The van der Waals surface area contributed by atoms with Gasteiger partial charge in [0.15, 0.2) is 0 Å². The van der Waals surface area contributed by atoms with Crippen LogP contribution in [0.3, 0.4) is 0 Å². The number of carbonyl (C=O) groups excluding carboxylic acids is 4. The minimum absolute atomic E-state index is 0.0742. The summed E-state index contributed by atoms with van der Waals surface area (Å²) in [6.07, 6.45) is 2.38. The second-order valence-electron chi connectivity index (χ2n) is 11.4. The fourth-order valence-corrected chi connectivity index (χ4v) is 4.86. The number of hydroxylamine groups is 2. The van der Waals surface area contributed by atoms with Gasteiger partial charge < -0.3 is 15.1 Å². The van der Waals surface area contributed by atoms with E-state index < -0.39 is 17.4 Å². The molecule has 0 spiro atoms. The summed E-state index contributed by atoms with van der Waals surface area (Å²) in [5.74, 6) is -1.27. The Morgan fingerprint density at radius 2 is 1.52 bits per heavy atom. The average Bonchev–Trinajstić information content (AvgIpc) is 2.97. The van der Waals surface area contributed by atoms with Crippen molar-refractivity contribution < 1.29 is 24.4 Å². The summed E-state index contributed by atoms with van der Waals surface area (Å²) in [6.45, 7) is 9.05. The van der Waals surface area contributed by atoms with Crippen LogP contribution in [0.5, 0.6) is 0 Å². The molecule has 0 unspecified atom stereocenters. The molecule has 1 fully saturated rings. The third-order valence-electron chi connectivity index (χ3n) is 7.32. The Labute approximate surface area is 237 Å². The van der Waals surface area contributed by atoms with Crippen LogP contribution in [0.2, 0.25) is 0 Å². The van der Waals surface area contributed by atoms with E-state index in [0.29, 0.717) is 43.2 Å². The molecule has 0 radical (unpaired) electrons. The Kier molecular flexibility index (Phi) is 10.8. The van der Waals surface area contributed by atoms with E-state index in [2.05, 4.69) is 5.32 Å². The van der Waals surface area contributed by atoms with Crippen molar-refractivity contribution in [2.45, 2.75) is 53.0 Å². The van der Waals surface area contributed by atoms with Crippen molar-refractivity contribution >= 4 is 24.1 Å². The Morgan fingerprint density at radius 1 is 0.950 bits per heavy atom. The van der Waals surface area contributed by atoms with Gasteiger partial charge in [-0.1, -0.05) is 83.0 Å². The maximum Gasteiger partial charge on any atom is 0.253 e. The summed E-state index contributed by atoms with van der Waals surface area (Å²) in [5.41, 5.74) is 2.16. The highest BCUT2D eigenvalue weighted by Gasteiger charge is 2.38. The Balaban J connectivity index is 1.62. The van der Waals surface area contributed by atoms with E-state index in [0.717, 1.165) is 24.0 Å². The Hall–Kier alpha value is -3.72. The normalized spacial score (nSPS) is 15.2. The van der Waals surface area contributed by atoms with Crippen molar-refractivity contribution in [1.82, 2.24) is 20.2 Å². The van der Waals surface area contributed by atoms with Gasteiger partial charge in [0.2, 0.25) is 18.2 Å². The van der Waals surface area contributed by atoms with Gasteiger partial charge in [-0.25, -0.2) is 5.06 Å². The molecular formula is C31H42N4O5. The Morgan fingerprint density at radius 3 is 2.08 bits per heavy atom. The molecule has 40 heavy (non-hydrogen) atoms. The molecule has 0 aromatic heterocycles. The molecule has 0 saturated carbocycles. The van der Waals surface area contributed by atoms with Crippen molar-refractivity contribution in [3.8, 4) is 11.1 Å². The van der Waals surface area contributed by atoms with E-state index in [4.69, 9.17) is 0 Å². The predicted molar refractivity (Wildman–Crippen MR) is 153 cm³/mol. The summed E-state index contributed by atoms with van der Waals surface area (Å²) in [7, 11) is 0. The number of rotatable bonds is 11. The van der Waals surface area contributed by atoms with E-state index in [1.807, 2.05) is 82.3 Å². The largest absolute Gasteiger partial charge is 0.344 e. The fraction of sp³-hybridized carbons (Fsp3) is 0.484. The summed E-state index contributed by atoms with van der Waals surface area (Å²) in [6, 6.07) is 16.7. The molecular weight excluding hydrogens is 508 g/mol. The number of nitrogens with zero attached hydrogens (tertiary/aromatic N) is 3. The van der Waals surface area contributed by atoms with E-state index in [1.54, 1.807) is 9.80 Å². The number of benzene rings is 2. The fourth-order valence-electron chi connectivity index (χ4n) is 4.86. The van der Waals surface area contributed by atoms with Crippen LogP contribution in [0.25, 0.3) is 11.1 Å². The van der Waals surface area contributed by atoms with Gasteiger partial charge in [0, 0.05) is 31.7 Å². The first-order valence-electron chi connectivity index (χ1n) is 14.0. The van der Waals surface area contributed by atoms with Gasteiger partial charge in [-0.3, -0.25) is 24.4 Å². The lowest BCUT2D eigenvalue weighted by atomic mass is 9.85. The molecule has 2 atom stereocenters. The summed E-state index contributed by atoms with van der Waals surface area (Å²) >= 11 is 0. The van der Waals surface area contributed by atoms with Gasteiger partial charge in [-0.05, 0) is 35.1 Å². The number of amides is 4. The van der Waals surface area contributed by atoms with Crippen LogP contribution in [-0.2, 0) is 14.4 Å². The van der Waals surface area contributed by atoms with E-state index >= 15 is 0 Å². The number of nitrogens with one attached hydrogen (secondary N) is 1. The Bertz CT molecular complexity index is 1140. The quantitative estimate of drug-likeness (QED) is 0.251. The van der Waals surface area contributed by atoms with Crippen LogP contribution in [-0.4, -0.2) is 83.0 Å². The topological polar surface area (TPSA) is 110 Å². The predicted octanol–water partition coefficient (Wildman–Crippen LogP) is 3.82. The molecule has 1 saturated heterocycles. The molecule has 9 heteroatoms. The van der Waals surface area contributed by atoms with Crippen LogP contribution < -0.4 is 5.32 Å². The maximum absolute atomic E-state index is 13.6. The van der Waals surface area contributed by atoms with Crippen molar-refractivity contribution in [2.75, 3.05) is 32.7 Å². The molecule has 9 nitrogen and oxygen atoms in total. The van der Waals surface area contributed by atoms with Crippen molar-refractivity contribution in [1.29, 1.82) is 0 Å². The van der Waals surface area contributed by atoms with Gasteiger partial charge in [0.05, 0.1) is 12.5 Å². The van der Waals surface area contributed by atoms with E-state index in [1.165, 1.54) is 0 Å². The van der Waals surface area contributed by atoms with Gasteiger partial charge in [-0.2, -0.15) is 0 Å². The van der Waals surface area contributed by atoms with Gasteiger partial charge >= 0.3 is 0 Å². The minimum atomic E-state index is -0.791. The van der Waals surface area contributed by atoms with Crippen LogP contribution in [0.15, 0.2) is 54.6 Å². The number of piperazine rings is 1. The first kappa shape index (κ1) is 30.8. The summed E-state index contributed by atoms with van der Waals surface area (Å²) in [4.78, 5) is 54.3. The average molecular weight is 551 g/mol. The molecule has 1 aliphatic heterocycles. The van der Waals surface area contributed by atoms with Gasteiger partial charge in [0.1, 0.15) is 6.04 Å². The molecule has 2 aromatic carbocycles. The zero-order valence-corrected chi connectivity index (χ0v) is 24.0. The number of unbranched alkanes of at least 4 members (excludes halogenated alkanes) is 1. The first-order chi connectivity index (χ1) is 19.0. The minimum Gasteiger partial charge on any atom is -0.344 e. The summed E-state index contributed by atoms with van der Waals surface area (Å²) in [5, 5.41) is 13.1. The lowest BCUT2D eigenvalue weighted by Crippen LogP contribution is -2.60. The van der Waals surface area contributed by atoms with Crippen molar-refractivity contribution in [3.63, 3.8) is 0 Å². The van der Waals surface area contributed by atoms with Crippen LogP contribution in [0, 0.1) is 11.3 Å².